The molecule has 0 spiro atoms. The maximum Gasteiger partial charge on any atom is 0.372 e. The van der Waals surface area contributed by atoms with Crippen LogP contribution in [0.5, 0.6) is 0 Å². The molecule has 0 unspecified atom stereocenters. The SMILES string of the molecule is O=C(O)c1nc(Br)c2ccc(CN3CCOCC3)cn12. The molecule has 106 valence electrons. The first-order valence-electron chi connectivity index (χ1n) is 6.35. The molecule has 0 aromatic carbocycles. The van der Waals surface area contributed by atoms with Gasteiger partial charge < -0.3 is 9.84 Å². The van der Waals surface area contributed by atoms with E-state index in [0.29, 0.717) is 4.60 Å². The molecule has 0 bridgehead atoms. The topological polar surface area (TPSA) is 67.1 Å². The number of imidazole rings is 1. The van der Waals surface area contributed by atoms with Gasteiger partial charge in [-0.3, -0.25) is 9.30 Å². The summed E-state index contributed by atoms with van der Waals surface area (Å²) in [5.74, 6) is -1.01. The summed E-state index contributed by atoms with van der Waals surface area (Å²) in [7, 11) is 0. The molecule has 1 aliphatic rings. The second-order valence-electron chi connectivity index (χ2n) is 4.71. The van der Waals surface area contributed by atoms with Crippen molar-refractivity contribution in [2.75, 3.05) is 26.3 Å². The number of fused-ring (bicyclic) bond motifs is 1. The summed E-state index contributed by atoms with van der Waals surface area (Å²) in [5.41, 5.74) is 1.82. The van der Waals surface area contributed by atoms with Crippen LogP contribution in [-0.2, 0) is 11.3 Å². The molecule has 6 nitrogen and oxygen atoms in total. The van der Waals surface area contributed by atoms with Crippen LogP contribution in [0.3, 0.4) is 0 Å². The van der Waals surface area contributed by atoms with Gasteiger partial charge in [0.2, 0.25) is 5.82 Å². The number of morpholine rings is 1. The quantitative estimate of drug-likeness (QED) is 0.920. The minimum atomic E-state index is -1.03. The highest BCUT2D eigenvalue weighted by molar-refractivity contribution is 9.10. The fourth-order valence-electron chi connectivity index (χ4n) is 2.35. The van der Waals surface area contributed by atoms with E-state index in [1.165, 1.54) is 0 Å². The van der Waals surface area contributed by atoms with E-state index in [1.54, 1.807) is 4.40 Å². The van der Waals surface area contributed by atoms with Crippen molar-refractivity contribution in [3.05, 3.63) is 34.3 Å². The molecule has 2 aromatic heterocycles. The minimum absolute atomic E-state index is 0.0238. The Balaban J connectivity index is 1.92. The molecule has 0 saturated carbocycles. The van der Waals surface area contributed by atoms with Gasteiger partial charge in [0.1, 0.15) is 4.60 Å². The van der Waals surface area contributed by atoms with Gasteiger partial charge in [-0.15, -0.1) is 0 Å². The third-order valence-corrected chi connectivity index (χ3v) is 3.94. The van der Waals surface area contributed by atoms with Crippen LogP contribution in [0.1, 0.15) is 16.2 Å². The van der Waals surface area contributed by atoms with E-state index in [9.17, 15) is 9.90 Å². The van der Waals surface area contributed by atoms with E-state index >= 15 is 0 Å². The first-order chi connectivity index (χ1) is 9.65. The summed E-state index contributed by atoms with van der Waals surface area (Å²) in [6.07, 6.45) is 1.84. The number of hydrogen-bond acceptors (Lipinski definition) is 4. The lowest BCUT2D eigenvalue weighted by atomic mass is 10.2. The Kier molecular flexibility index (Phi) is 3.73. The van der Waals surface area contributed by atoms with Crippen LogP contribution in [0.15, 0.2) is 22.9 Å². The molecule has 3 rings (SSSR count). The zero-order valence-corrected chi connectivity index (χ0v) is 12.3. The lowest BCUT2D eigenvalue weighted by Crippen LogP contribution is -2.35. The number of aromatic nitrogens is 2. The molecule has 1 N–H and O–H groups in total. The molecule has 0 atom stereocenters. The van der Waals surface area contributed by atoms with Crippen LogP contribution in [0.4, 0.5) is 0 Å². The van der Waals surface area contributed by atoms with Crippen molar-refractivity contribution in [3.8, 4) is 0 Å². The molecular formula is C13H14BrN3O3. The number of hydrogen-bond donors (Lipinski definition) is 1. The van der Waals surface area contributed by atoms with Crippen LogP contribution in [0.2, 0.25) is 0 Å². The van der Waals surface area contributed by atoms with E-state index in [1.807, 2.05) is 18.3 Å². The number of rotatable bonds is 3. The molecule has 20 heavy (non-hydrogen) atoms. The highest BCUT2D eigenvalue weighted by Crippen LogP contribution is 2.20. The number of carboxylic acid groups (broad SMARTS) is 1. The molecule has 1 aliphatic heterocycles. The fourth-order valence-corrected chi connectivity index (χ4v) is 2.85. The Morgan fingerprint density at radius 2 is 2.15 bits per heavy atom. The van der Waals surface area contributed by atoms with Crippen molar-refractivity contribution < 1.29 is 14.6 Å². The van der Waals surface area contributed by atoms with Gasteiger partial charge in [-0.2, -0.15) is 0 Å². The number of nitrogens with zero attached hydrogens (tertiary/aromatic N) is 3. The number of ether oxygens (including phenoxy) is 1. The lowest BCUT2D eigenvalue weighted by molar-refractivity contribution is 0.0341. The zero-order chi connectivity index (χ0) is 14.1. The first-order valence-corrected chi connectivity index (χ1v) is 7.14. The van der Waals surface area contributed by atoms with E-state index in [0.717, 1.165) is 43.9 Å². The number of halogens is 1. The number of pyridine rings is 1. The Labute approximate surface area is 124 Å². The number of aromatic carboxylic acids is 1. The van der Waals surface area contributed by atoms with Gasteiger partial charge in [0, 0.05) is 25.8 Å². The molecule has 2 aromatic rings. The fraction of sp³-hybridized carbons (Fsp3) is 0.385. The lowest BCUT2D eigenvalue weighted by Gasteiger charge is -2.26. The summed E-state index contributed by atoms with van der Waals surface area (Å²) in [6.45, 7) is 4.08. The average Bonchev–Trinajstić information content (AvgIpc) is 2.77. The maximum atomic E-state index is 11.2. The molecule has 7 heteroatoms. The molecule has 0 radical (unpaired) electrons. The van der Waals surface area contributed by atoms with E-state index < -0.39 is 5.97 Å². The van der Waals surface area contributed by atoms with Gasteiger partial charge in [-0.05, 0) is 27.6 Å². The maximum absolute atomic E-state index is 11.2. The van der Waals surface area contributed by atoms with Crippen molar-refractivity contribution in [2.45, 2.75) is 6.54 Å². The normalized spacial score (nSPS) is 16.6. The standard InChI is InChI=1S/C13H14BrN3O3/c14-11-10-2-1-9(7-16-3-5-20-6-4-16)8-17(10)12(15-11)13(18)19/h1-2,8H,3-7H2,(H,18,19). The number of carbonyl (C=O) groups is 1. The summed E-state index contributed by atoms with van der Waals surface area (Å²) in [4.78, 5) is 17.5. The van der Waals surface area contributed by atoms with Crippen molar-refractivity contribution in [1.82, 2.24) is 14.3 Å². The largest absolute Gasteiger partial charge is 0.475 e. The van der Waals surface area contributed by atoms with Crippen LogP contribution < -0.4 is 0 Å². The van der Waals surface area contributed by atoms with Gasteiger partial charge >= 0.3 is 5.97 Å². The predicted octanol–water partition coefficient (Wildman–Crippen LogP) is 1.63. The average molecular weight is 340 g/mol. The second-order valence-corrected chi connectivity index (χ2v) is 5.46. The Morgan fingerprint density at radius 3 is 2.85 bits per heavy atom. The predicted molar refractivity (Wildman–Crippen MR) is 75.9 cm³/mol. The van der Waals surface area contributed by atoms with Crippen LogP contribution >= 0.6 is 15.9 Å². The first kappa shape index (κ1) is 13.5. The smallest absolute Gasteiger partial charge is 0.372 e. The minimum Gasteiger partial charge on any atom is -0.475 e. The summed E-state index contributed by atoms with van der Waals surface area (Å²) in [6, 6.07) is 3.89. The molecule has 1 fully saturated rings. The van der Waals surface area contributed by atoms with Crippen LogP contribution in [-0.4, -0.2) is 51.7 Å². The van der Waals surface area contributed by atoms with Crippen molar-refractivity contribution in [1.29, 1.82) is 0 Å². The van der Waals surface area contributed by atoms with Gasteiger partial charge in [0.15, 0.2) is 0 Å². The number of carboxylic acids is 1. The van der Waals surface area contributed by atoms with Crippen molar-refractivity contribution in [3.63, 3.8) is 0 Å². The van der Waals surface area contributed by atoms with Gasteiger partial charge in [0.25, 0.3) is 0 Å². The van der Waals surface area contributed by atoms with Crippen LogP contribution in [0.25, 0.3) is 5.52 Å². The second kappa shape index (κ2) is 5.51. The highest BCUT2D eigenvalue weighted by Gasteiger charge is 2.16. The Bertz CT molecular complexity index is 650. The summed E-state index contributed by atoms with van der Waals surface area (Å²) >= 11 is 3.29. The molecule has 3 heterocycles. The Morgan fingerprint density at radius 1 is 1.40 bits per heavy atom. The molecule has 0 aliphatic carbocycles. The molecular weight excluding hydrogens is 326 g/mol. The van der Waals surface area contributed by atoms with Crippen molar-refractivity contribution in [2.24, 2.45) is 0 Å². The zero-order valence-electron chi connectivity index (χ0n) is 10.8. The van der Waals surface area contributed by atoms with Crippen LogP contribution in [0, 0.1) is 0 Å². The van der Waals surface area contributed by atoms with E-state index in [2.05, 4.69) is 25.8 Å². The highest BCUT2D eigenvalue weighted by atomic mass is 79.9. The summed E-state index contributed by atoms with van der Waals surface area (Å²) in [5, 5.41) is 9.18. The van der Waals surface area contributed by atoms with Gasteiger partial charge in [-0.25, -0.2) is 9.78 Å². The summed E-state index contributed by atoms with van der Waals surface area (Å²) < 4.78 is 7.48. The van der Waals surface area contributed by atoms with Gasteiger partial charge in [-0.1, -0.05) is 6.07 Å². The monoisotopic (exact) mass is 339 g/mol. The van der Waals surface area contributed by atoms with E-state index in [4.69, 9.17) is 4.74 Å². The molecule has 1 saturated heterocycles. The Hall–Kier alpha value is -1.44. The third kappa shape index (κ3) is 2.56. The van der Waals surface area contributed by atoms with Crippen molar-refractivity contribution >= 4 is 27.4 Å². The van der Waals surface area contributed by atoms with Gasteiger partial charge in [0.05, 0.1) is 18.7 Å². The molecule has 0 amide bonds. The third-order valence-electron chi connectivity index (χ3n) is 3.35. The van der Waals surface area contributed by atoms with E-state index in [-0.39, 0.29) is 5.82 Å².